The van der Waals surface area contributed by atoms with Crippen LogP contribution in [0.25, 0.3) is 0 Å². The molecule has 0 aliphatic rings. The Labute approximate surface area is 126 Å². The summed E-state index contributed by atoms with van der Waals surface area (Å²) in [5, 5.41) is 5.95. The number of hydrogen-bond acceptors (Lipinski definition) is 4. The van der Waals surface area contributed by atoms with E-state index in [1.807, 2.05) is 26.0 Å². The molecule has 116 valence electrons. The van der Waals surface area contributed by atoms with Crippen molar-refractivity contribution in [3.05, 3.63) is 35.4 Å². The lowest BCUT2D eigenvalue weighted by molar-refractivity contribution is -0.147. The fraction of sp³-hybridized carbons (Fsp3) is 0.500. The Kier molecular flexibility index (Phi) is 7.46. The molecule has 1 rings (SSSR count). The van der Waals surface area contributed by atoms with E-state index >= 15 is 0 Å². The normalized spacial score (nSPS) is 11.8. The second-order valence-corrected chi connectivity index (χ2v) is 4.98. The molecular formula is C16H24N2O3. The number of esters is 1. The van der Waals surface area contributed by atoms with Gasteiger partial charge in [0.1, 0.15) is 0 Å². The Hall–Kier alpha value is -1.88. The van der Waals surface area contributed by atoms with E-state index < -0.39 is 0 Å². The number of carbonyl (C=O) groups is 2. The van der Waals surface area contributed by atoms with Crippen LogP contribution in [0.4, 0.5) is 0 Å². The molecule has 0 radical (unpaired) electrons. The molecule has 0 fully saturated rings. The van der Waals surface area contributed by atoms with E-state index in [0.717, 1.165) is 5.56 Å². The van der Waals surface area contributed by atoms with Crippen LogP contribution in [0.5, 0.6) is 0 Å². The van der Waals surface area contributed by atoms with Gasteiger partial charge < -0.3 is 15.4 Å². The molecule has 0 aliphatic carbocycles. The van der Waals surface area contributed by atoms with Crippen molar-refractivity contribution in [1.29, 1.82) is 0 Å². The molecule has 0 saturated heterocycles. The Morgan fingerprint density at radius 3 is 2.48 bits per heavy atom. The van der Waals surface area contributed by atoms with Crippen LogP contribution in [-0.4, -0.2) is 38.1 Å². The zero-order chi connectivity index (χ0) is 15.7. The molecular weight excluding hydrogens is 268 g/mol. The van der Waals surface area contributed by atoms with Crippen LogP contribution in [0, 0.1) is 12.8 Å². The van der Waals surface area contributed by atoms with Gasteiger partial charge >= 0.3 is 5.97 Å². The predicted octanol–water partition coefficient (Wildman–Crippen LogP) is 1.51. The van der Waals surface area contributed by atoms with Gasteiger partial charge in [0, 0.05) is 25.2 Å². The van der Waals surface area contributed by atoms with E-state index in [4.69, 9.17) is 4.74 Å². The van der Waals surface area contributed by atoms with Crippen molar-refractivity contribution in [3.63, 3.8) is 0 Å². The fourth-order valence-electron chi connectivity index (χ4n) is 1.76. The topological polar surface area (TPSA) is 67.4 Å². The van der Waals surface area contributed by atoms with E-state index in [9.17, 15) is 9.59 Å². The SMILES string of the molecule is CCOC(=O)C(C)CNCCNC(=O)c1ccc(C)cc1. The molecule has 0 heterocycles. The first kappa shape index (κ1) is 17.2. The van der Waals surface area contributed by atoms with Gasteiger partial charge in [0.05, 0.1) is 12.5 Å². The van der Waals surface area contributed by atoms with Crippen molar-refractivity contribution >= 4 is 11.9 Å². The highest BCUT2D eigenvalue weighted by molar-refractivity contribution is 5.94. The van der Waals surface area contributed by atoms with Gasteiger partial charge in [-0.05, 0) is 26.0 Å². The molecule has 2 N–H and O–H groups in total. The van der Waals surface area contributed by atoms with Crippen LogP contribution < -0.4 is 10.6 Å². The summed E-state index contributed by atoms with van der Waals surface area (Å²) in [6.45, 7) is 7.66. The third-order valence-electron chi connectivity index (χ3n) is 3.04. The number of ether oxygens (including phenoxy) is 1. The molecule has 21 heavy (non-hydrogen) atoms. The van der Waals surface area contributed by atoms with Crippen LogP contribution >= 0.6 is 0 Å². The minimum Gasteiger partial charge on any atom is -0.466 e. The van der Waals surface area contributed by atoms with E-state index in [1.54, 1.807) is 19.1 Å². The van der Waals surface area contributed by atoms with Gasteiger partial charge in [-0.25, -0.2) is 0 Å². The molecule has 5 heteroatoms. The largest absolute Gasteiger partial charge is 0.466 e. The van der Waals surface area contributed by atoms with Crippen molar-refractivity contribution in [1.82, 2.24) is 10.6 Å². The average molecular weight is 292 g/mol. The second kappa shape index (κ2) is 9.13. The van der Waals surface area contributed by atoms with Crippen LogP contribution in [0.3, 0.4) is 0 Å². The third kappa shape index (κ3) is 6.40. The van der Waals surface area contributed by atoms with Crippen molar-refractivity contribution < 1.29 is 14.3 Å². The maximum absolute atomic E-state index is 11.8. The van der Waals surface area contributed by atoms with Gasteiger partial charge in [-0.1, -0.05) is 24.6 Å². The highest BCUT2D eigenvalue weighted by Gasteiger charge is 2.12. The van der Waals surface area contributed by atoms with Gasteiger partial charge in [0.15, 0.2) is 0 Å². The van der Waals surface area contributed by atoms with Crippen molar-refractivity contribution in [2.45, 2.75) is 20.8 Å². The highest BCUT2D eigenvalue weighted by atomic mass is 16.5. The van der Waals surface area contributed by atoms with Gasteiger partial charge in [-0.15, -0.1) is 0 Å². The highest BCUT2D eigenvalue weighted by Crippen LogP contribution is 2.02. The minimum atomic E-state index is -0.200. The van der Waals surface area contributed by atoms with Gasteiger partial charge in [0.25, 0.3) is 5.91 Å². The predicted molar refractivity (Wildman–Crippen MR) is 82.2 cm³/mol. The third-order valence-corrected chi connectivity index (χ3v) is 3.04. The molecule has 0 bridgehead atoms. The zero-order valence-electron chi connectivity index (χ0n) is 12.9. The van der Waals surface area contributed by atoms with Crippen LogP contribution in [0.2, 0.25) is 0 Å². The zero-order valence-corrected chi connectivity index (χ0v) is 12.9. The number of benzene rings is 1. The van der Waals surface area contributed by atoms with E-state index in [1.165, 1.54) is 0 Å². The van der Waals surface area contributed by atoms with Crippen molar-refractivity contribution in [3.8, 4) is 0 Å². The van der Waals surface area contributed by atoms with Gasteiger partial charge in [-0.2, -0.15) is 0 Å². The summed E-state index contributed by atoms with van der Waals surface area (Å²) in [5.41, 5.74) is 1.78. The molecule has 1 aromatic carbocycles. The van der Waals surface area contributed by atoms with E-state index in [-0.39, 0.29) is 17.8 Å². The molecule has 0 saturated carbocycles. The first-order valence-corrected chi connectivity index (χ1v) is 7.26. The number of amides is 1. The molecule has 0 spiro atoms. The van der Waals surface area contributed by atoms with Crippen LogP contribution in [-0.2, 0) is 9.53 Å². The Morgan fingerprint density at radius 2 is 1.86 bits per heavy atom. The van der Waals surface area contributed by atoms with E-state index in [0.29, 0.717) is 31.8 Å². The molecule has 5 nitrogen and oxygen atoms in total. The molecule has 1 amide bonds. The van der Waals surface area contributed by atoms with Crippen molar-refractivity contribution in [2.75, 3.05) is 26.2 Å². The maximum atomic E-state index is 11.8. The molecule has 1 aromatic rings. The van der Waals surface area contributed by atoms with Gasteiger partial charge in [0.2, 0.25) is 0 Å². The lowest BCUT2D eigenvalue weighted by Gasteiger charge is -2.12. The second-order valence-electron chi connectivity index (χ2n) is 4.98. The minimum absolute atomic E-state index is 0.0877. The number of hydrogen-bond donors (Lipinski definition) is 2. The number of carbonyl (C=O) groups excluding carboxylic acids is 2. The summed E-state index contributed by atoms with van der Waals surface area (Å²) >= 11 is 0. The number of nitrogens with one attached hydrogen (secondary N) is 2. The monoisotopic (exact) mass is 292 g/mol. The summed E-state index contributed by atoms with van der Waals surface area (Å²) in [7, 11) is 0. The number of aryl methyl sites for hydroxylation is 1. The molecule has 0 aliphatic heterocycles. The Bertz CT molecular complexity index is 457. The fourth-order valence-corrected chi connectivity index (χ4v) is 1.76. The molecule has 0 aromatic heterocycles. The first-order valence-electron chi connectivity index (χ1n) is 7.26. The van der Waals surface area contributed by atoms with Crippen LogP contribution in [0.1, 0.15) is 29.8 Å². The lowest BCUT2D eigenvalue weighted by atomic mass is 10.1. The van der Waals surface area contributed by atoms with Crippen LogP contribution in [0.15, 0.2) is 24.3 Å². The first-order chi connectivity index (χ1) is 10.0. The Morgan fingerprint density at radius 1 is 1.19 bits per heavy atom. The van der Waals surface area contributed by atoms with Gasteiger partial charge in [-0.3, -0.25) is 9.59 Å². The average Bonchev–Trinajstić information content (AvgIpc) is 2.47. The van der Waals surface area contributed by atoms with Crippen molar-refractivity contribution in [2.24, 2.45) is 5.92 Å². The lowest BCUT2D eigenvalue weighted by Crippen LogP contribution is -2.35. The van der Waals surface area contributed by atoms with E-state index in [2.05, 4.69) is 10.6 Å². The summed E-state index contributed by atoms with van der Waals surface area (Å²) in [4.78, 5) is 23.2. The Balaban J connectivity index is 2.18. The quantitative estimate of drug-likeness (QED) is 0.563. The standard InChI is InChI=1S/C16H24N2O3/c1-4-21-16(20)13(3)11-17-9-10-18-15(19)14-7-5-12(2)6-8-14/h5-8,13,17H,4,9-11H2,1-3H3,(H,18,19). The molecule has 1 atom stereocenters. The smallest absolute Gasteiger partial charge is 0.309 e. The summed E-state index contributed by atoms with van der Waals surface area (Å²) in [5.74, 6) is -0.471. The number of rotatable bonds is 8. The summed E-state index contributed by atoms with van der Waals surface area (Å²) in [6.07, 6.45) is 0. The maximum Gasteiger partial charge on any atom is 0.309 e. The molecule has 1 unspecified atom stereocenters. The summed E-state index contributed by atoms with van der Waals surface area (Å²) < 4.78 is 4.92. The summed E-state index contributed by atoms with van der Waals surface area (Å²) in [6, 6.07) is 7.43.